The number of aryl methyl sites for hydroxylation is 1. The zero-order valence-electron chi connectivity index (χ0n) is 6.33. The van der Waals surface area contributed by atoms with Crippen LogP contribution < -0.4 is 0 Å². The first-order chi connectivity index (χ1) is 5.70. The average molecular weight is 186 g/mol. The molecule has 12 heavy (non-hydrogen) atoms. The van der Waals surface area contributed by atoms with Crippen LogP contribution in [0.5, 0.6) is 0 Å². The van der Waals surface area contributed by atoms with Gasteiger partial charge in [-0.2, -0.15) is 0 Å². The summed E-state index contributed by atoms with van der Waals surface area (Å²) in [5, 5.41) is 8.98. The lowest BCUT2D eigenvalue weighted by molar-refractivity contribution is -0.136. The topological polar surface area (TPSA) is 50.2 Å². The second kappa shape index (κ2) is 4.07. The summed E-state index contributed by atoms with van der Waals surface area (Å²) in [5.41, 5.74) is 0.779. The van der Waals surface area contributed by atoms with Crippen molar-refractivity contribution in [1.29, 1.82) is 0 Å². The largest absolute Gasteiger partial charge is 0.481 e. The van der Waals surface area contributed by atoms with Crippen molar-refractivity contribution >= 4 is 17.6 Å². The molecule has 0 saturated carbocycles. The van der Waals surface area contributed by atoms with Crippen LogP contribution in [0, 0.1) is 0 Å². The molecule has 64 valence electrons. The Bertz CT molecular complexity index is 288. The Kier molecular flexibility index (Phi) is 3.05. The summed E-state index contributed by atoms with van der Waals surface area (Å²) in [7, 11) is 0. The standard InChI is InChI=1S/C8H8ClNO2/c9-7-3-4-10-5-6(7)1-2-8(11)12/h3-5H,1-2H2,(H,11,12). The van der Waals surface area contributed by atoms with Crippen LogP contribution in [0.15, 0.2) is 18.5 Å². The zero-order chi connectivity index (χ0) is 8.97. The van der Waals surface area contributed by atoms with Crippen molar-refractivity contribution in [3.05, 3.63) is 29.0 Å². The van der Waals surface area contributed by atoms with E-state index in [-0.39, 0.29) is 6.42 Å². The number of carbonyl (C=O) groups is 1. The van der Waals surface area contributed by atoms with Crippen LogP contribution in [-0.4, -0.2) is 16.1 Å². The summed E-state index contributed by atoms with van der Waals surface area (Å²) >= 11 is 5.77. The van der Waals surface area contributed by atoms with Gasteiger partial charge in [0.15, 0.2) is 0 Å². The monoisotopic (exact) mass is 185 g/mol. The summed E-state index contributed by atoms with van der Waals surface area (Å²) in [6, 6.07) is 1.65. The molecule has 0 saturated heterocycles. The van der Waals surface area contributed by atoms with Gasteiger partial charge in [-0.05, 0) is 18.1 Å². The van der Waals surface area contributed by atoms with Crippen LogP contribution in [0.25, 0.3) is 0 Å². The van der Waals surface area contributed by atoms with Crippen molar-refractivity contribution in [2.75, 3.05) is 0 Å². The van der Waals surface area contributed by atoms with Gasteiger partial charge in [-0.3, -0.25) is 9.78 Å². The van der Waals surface area contributed by atoms with E-state index in [2.05, 4.69) is 4.98 Å². The summed E-state index contributed by atoms with van der Waals surface area (Å²) in [6.07, 6.45) is 3.69. The maximum Gasteiger partial charge on any atom is 0.303 e. The van der Waals surface area contributed by atoms with Gasteiger partial charge in [0, 0.05) is 23.8 Å². The van der Waals surface area contributed by atoms with Crippen molar-refractivity contribution in [1.82, 2.24) is 4.98 Å². The lowest BCUT2D eigenvalue weighted by atomic mass is 10.1. The number of rotatable bonds is 3. The van der Waals surface area contributed by atoms with Gasteiger partial charge in [0.1, 0.15) is 0 Å². The molecule has 1 aromatic rings. The fourth-order valence-electron chi connectivity index (χ4n) is 0.836. The quantitative estimate of drug-likeness (QED) is 0.781. The maximum atomic E-state index is 10.2. The molecule has 4 heteroatoms. The van der Waals surface area contributed by atoms with E-state index in [1.807, 2.05) is 0 Å². The van der Waals surface area contributed by atoms with E-state index < -0.39 is 5.97 Å². The normalized spacial score (nSPS) is 9.75. The molecule has 1 N–H and O–H groups in total. The molecule has 0 unspecified atom stereocenters. The minimum atomic E-state index is -0.824. The first kappa shape index (κ1) is 9.00. The fraction of sp³-hybridized carbons (Fsp3) is 0.250. The number of hydrogen-bond acceptors (Lipinski definition) is 2. The van der Waals surface area contributed by atoms with Crippen LogP contribution in [0.1, 0.15) is 12.0 Å². The number of carboxylic acid groups (broad SMARTS) is 1. The third kappa shape index (κ3) is 2.51. The van der Waals surface area contributed by atoms with Crippen molar-refractivity contribution in [2.24, 2.45) is 0 Å². The van der Waals surface area contributed by atoms with Gasteiger partial charge in [-0.15, -0.1) is 0 Å². The molecular formula is C8H8ClNO2. The molecule has 1 rings (SSSR count). The molecule has 0 amide bonds. The lowest BCUT2D eigenvalue weighted by Gasteiger charge is -1.99. The van der Waals surface area contributed by atoms with E-state index in [0.717, 1.165) is 5.56 Å². The van der Waals surface area contributed by atoms with Gasteiger partial charge in [-0.25, -0.2) is 0 Å². The highest BCUT2D eigenvalue weighted by molar-refractivity contribution is 6.31. The number of carboxylic acids is 1. The minimum Gasteiger partial charge on any atom is -0.481 e. The smallest absolute Gasteiger partial charge is 0.303 e. The van der Waals surface area contributed by atoms with Gasteiger partial charge >= 0.3 is 5.97 Å². The van der Waals surface area contributed by atoms with Gasteiger partial charge in [0.25, 0.3) is 0 Å². The summed E-state index contributed by atoms with van der Waals surface area (Å²) < 4.78 is 0. The van der Waals surface area contributed by atoms with Crippen molar-refractivity contribution in [2.45, 2.75) is 12.8 Å². The van der Waals surface area contributed by atoms with E-state index in [1.165, 1.54) is 0 Å². The predicted octanol–water partition coefficient (Wildman–Crippen LogP) is 1.75. The molecule has 0 aliphatic heterocycles. The molecule has 1 heterocycles. The van der Waals surface area contributed by atoms with E-state index in [9.17, 15) is 4.79 Å². The molecule has 0 aromatic carbocycles. The Hall–Kier alpha value is -1.09. The Labute approximate surface area is 75.0 Å². The summed E-state index contributed by atoms with van der Waals surface area (Å²) in [5.74, 6) is -0.824. The number of hydrogen-bond donors (Lipinski definition) is 1. The SMILES string of the molecule is O=C(O)CCc1cnccc1Cl. The molecule has 0 spiro atoms. The molecule has 0 aliphatic carbocycles. The number of halogens is 1. The lowest BCUT2D eigenvalue weighted by Crippen LogP contribution is -1.98. The second-order valence-corrected chi connectivity index (χ2v) is 2.77. The Morgan fingerprint density at radius 2 is 2.42 bits per heavy atom. The molecule has 1 aromatic heterocycles. The van der Waals surface area contributed by atoms with E-state index in [4.69, 9.17) is 16.7 Å². The van der Waals surface area contributed by atoms with Gasteiger partial charge in [0.05, 0.1) is 0 Å². The highest BCUT2D eigenvalue weighted by Gasteiger charge is 2.02. The molecule has 0 fully saturated rings. The van der Waals surface area contributed by atoms with E-state index in [0.29, 0.717) is 11.4 Å². The maximum absolute atomic E-state index is 10.2. The van der Waals surface area contributed by atoms with Crippen molar-refractivity contribution in [3.63, 3.8) is 0 Å². The number of aliphatic carboxylic acids is 1. The Morgan fingerprint density at radius 3 is 3.00 bits per heavy atom. The molecule has 0 bridgehead atoms. The van der Waals surface area contributed by atoms with Gasteiger partial charge < -0.3 is 5.11 Å². The molecule has 0 aliphatic rings. The average Bonchev–Trinajstić information content (AvgIpc) is 2.03. The van der Waals surface area contributed by atoms with E-state index >= 15 is 0 Å². The number of aromatic nitrogens is 1. The zero-order valence-corrected chi connectivity index (χ0v) is 7.08. The molecule has 3 nitrogen and oxygen atoms in total. The van der Waals surface area contributed by atoms with Crippen molar-refractivity contribution < 1.29 is 9.90 Å². The van der Waals surface area contributed by atoms with Crippen LogP contribution in [0.3, 0.4) is 0 Å². The summed E-state index contributed by atoms with van der Waals surface area (Å²) in [6.45, 7) is 0. The molecule has 0 atom stereocenters. The minimum absolute atomic E-state index is 0.0887. The summed E-state index contributed by atoms with van der Waals surface area (Å²) in [4.78, 5) is 14.1. The molecular weight excluding hydrogens is 178 g/mol. The van der Waals surface area contributed by atoms with E-state index in [1.54, 1.807) is 18.5 Å². The first-order valence-electron chi connectivity index (χ1n) is 3.50. The fourth-order valence-corrected chi connectivity index (χ4v) is 1.04. The van der Waals surface area contributed by atoms with Crippen LogP contribution >= 0.6 is 11.6 Å². The van der Waals surface area contributed by atoms with Crippen molar-refractivity contribution in [3.8, 4) is 0 Å². The Morgan fingerprint density at radius 1 is 1.67 bits per heavy atom. The number of pyridine rings is 1. The first-order valence-corrected chi connectivity index (χ1v) is 3.88. The third-order valence-corrected chi connectivity index (χ3v) is 1.82. The molecule has 0 radical (unpaired) electrons. The van der Waals surface area contributed by atoms with Gasteiger partial charge in [0.2, 0.25) is 0 Å². The second-order valence-electron chi connectivity index (χ2n) is 2.36. The highest BCUT2D eigenvalue weighted by Crippen LogP contribution is 2.14. The van der Waals surface area contributed by atoms with Crippen LogP contribution in [-0.2, 0) is 11.2 Å². The predicted molar refractivity (Wildman–Crippen MR) is 45.2 cm³/mol. The Balaban J connectivity index is 2.63. The third-order valence-electron chi connectivity index (χ3n) is 1.45. The van der Waals surface area contributed by atoms with Crippen LogP contribution in [0.4, 0.5) is 0 Å². The van der Waals surface area contributed by atoms with Gasteiger partial charge in [-0.1, -0.05) is 11.6 Å². The number of nitrogens with zero attached hydrogens (tertiary/aromatic N) is 1. The van der Waals surface area contributed by atoms with Crippen LogP contribution in [0.2, 0.25) is 5.02 Å². The highest BCUT2D eigenvalue weighted by atomic mass is 35.5.